The van der Waals surface area contributed by atoms with E-state index in [4.69, 9.17) is 10.2 Å². The lowest BCUT2D eigenvalue weighted by Crippen LogP contribution is -2.28. The number of rotatable bonds is 18. The molecule has 0 fully saturated rings. The Morgan fingerprint density at radius 2 is 1.08 bits per heavy atom. The van der Waals surface area contributed by atoms with Gasteiger partial charge in [-0.1, -0.05) is 70.6 Å². The zero-order valence-corrected chi connectivity index (χ0v) is 15.2. The van der Waals surface area contributed by atoms with Crippen LogP contribution in [0.2, 0.25) is 0 Å². The number of hydrogen-bond donors (Lipinski definition) is 2. The standard InChI is InChI=1S/C18H33NO6/c20-17(21)15-13-11-9-7-5-3-1-2-4-6-8-10-12-14-16(18(22)23)19(24)25/h16H,1-15H2,(H,20,21)(H,22,23). The number of hydrogen-bond acceptors (Lipinski definition) is 4. The minimum atomic E-state index is -1.45. The van der Waals surface area contributed by atoms with E-state index >= 15 is 0 Å². The first-order valence-corrected chi connectivity index (χ1v) is 9.53. The lowest BCUT2D eigenvalue weighted by molar-refractivity contribution is -0.511. The summed E-state index contributed by atoms with van der Waals surface area (Å²) in [4.78, 5) is 30.8. The Labute approximate surface area is 150 Å². The molecule has 0 aliphatic heterocycles. The summed E-state index contributed by atoms with van der Waals surface area (Å²) >= 11 is 0. The van der Waals surface area contributed by atoms with Crippen molar-refractivity contribution in [3.05, 3.63) is 10.1 Å². The Balaban J connectivity index is 3.25. The van der Waals surface area contributed by atoms with E-state index in [0.717, 1.165) is 44.9 Å². The van der Waals surface area contributed by atoms with E-state index in [-0.39, 0.29) is 12.8 Å². The highest BCUT2D eigenvalue weighted by atomic mass is 16.6. The van der Waals surface area contributed by atoms with Crippen LogP contribution >= 0.6 is 0 Å². The van der Waals surface area contributed by atoms with Gasteiger partial charge in [-0.2, -0.15) is 0 Å². The highest BCUT2D eigenvalue weighted by Gasteiger charge is 2.27. The molecule has 0 spiro atoms. The fourth-order valence-electron chi connectivity index (χ4n) is 2.88. The van der Waals surface area contributed by atoms with Crippen molar-refractivity contribution in [3.63, 3.8) is 0 Å². The summed E-state index contributed by atoms with van der Waals surface area (Å²) in [5.74, 6) is -2.05. The zero-order valence-electron chi connectivity index (χ0n) is 15.2. The van der Waals surface area contributed by atoms with Crippen LogP contribution in [0.15, 0.2) is 0 Å². The number of aliphatic carboxylic acids is 2. The number of carboxylic acids is 2. The second-order valence-corrected chi connectivity index (χ2v) is 6.67. The molecule has 1 atom stereocenters. The first kappa shape index (κ1) is 23.3. The fourth-order valence-corrected chi connectivity index (χ4v) is 2.88. The van der Waals surface area contributed by atoms with Gasteiger partial charge >= 0.3 is 18.0 Å². The molecule has 0 bridgehead atoms. The molecule has 0 saturated carbocycles. The number of carbonyl (C=O) groups is 2. The van der Waals surface area contributed by atoms with Crippen molar-refractivity contribution in [2.24, 2.45) is 0 Å². The summed E-state index contributed by atoms with van der Waals surface area (Å²) in [6, 6.07) is -1.45. The zero-order chi connectivity index (χ0) is 18.9. The molecule has 0 aromatic carbocycles. The molecular weight excluding hydrogens is 326 g/mol. The van der Waals surface area contributed by atoms with E-state index in [1.165, 1.54) is 32.1 Å². The van der Waals surface area contributed by atoms with Gasteiger partial charge in [-0.15, -0.1) is 0 Å². The first-order chi connectivity index (χ1) is 11.9. The fraction of sp³-hybridized carbons (Fsp3) is 0.889. The van der Waals surface area contributed by atoms with Crippen molar-refractivity contribution in [2.75, 3.05) is 0 Å². The average molecular weight is 359 g/mol. The molecule has 0 aliphatic rings. The average Bonchev–Trinajstić information content (AvgIpc) is 2.53. The molecule has 2 N–H and O–H groups in total. The Morgan fingerprint density at radius 1 is 0.720 bits per heavy atom. The number of unbranched alkanes of at least 4 members (excludes halogenated alkanes) is 12. The van der Waals surface area contributed by atoms with Gasteiger partial charge in [0, 0.05) is 17.8 Å². The second-order valence-electron chi connectivity index (χ2n) is 6.67. The van der Waals surface area contributed by atoms with E-state index in [2.05, 4.69) is 0 Å². The quantitative estimate of drug-likeness (QED) is 0.209. The molecule has 25 heavy (non-hydrogen) atoms. The topological polar surface area (TPSA) is 118 Å². The monoisotopic (exact) mass is 359 g/mol. The summed E-state index contributed by atoms with van der Waals surface area (Å²) in [6.07, 6.45) is 14.1. The van der Waals surface area contributed by atoms with Crippen molar-refractivity contribution < 1.29 is 24.7 Å². The second kappa shape index (κ2) is 15.8. The van der Waals surface area contributed by atoms with Crippen LogP contribution in [0.25, 0.3) is 0 Å². The number of nitro groups is 1. The van der Waals surface area contributed by atoms with Gasteiger partial charge in [0.25, 0.3) is 0 Å². The molecule has 0 heterocycles. The van der Waals surface area contributed by atoms with E-state index in [1.807, 2.05) is 0 Å². The van der Waals surface area contributed by atoms with Crippen molar-refractivity contribution in [3.8, 4) is 0 Å². The maximum atomic E-state index is 10.7. The van der Waals surface area contributed by atoms with E-state index in [1.54, 1.807) is 0 Å². The van der Waals surface area contributed by atoms with E-state index in [9.17, 15) is 19.7 Å². The summed E-state index contributed by atoms with van der Waals surface area (Å²) in [5.41, 5.74) is 0. The molecule has 0 aromatic rings. The molecule has 7 nitrogen and oxygen atoms in total. The first-order valence-electron chi connectivity index (χ1n) is 9.53. The lowest BCUT2D eigenvalue weighted by Gasteiger charge is -2.05. The third-order valence-electron chi connectivity index (χ3n) is 4.41. The molecule has 0 saturated heterocycles. The molecule has 0 amide bonds. The van der Waals surface area contributed by atoms with Gasteiger partial charge in [-0.25, -0.2) is 4.79 Å². The van der Waals surface area contributed by atoms with Crippen LogP contribution in [0.3, 0.4) is 0 Å². The summed E-state index contributed by atoms with van der Waals surface area (Å²) in [6.45, 7) is 0. The SMILES string of the molecule is O=C(O)CCCCCCCCCCCCCCCC(C(=O)O)[N+](=O)[O-]. The maximum Gasteiger partial charge on any atom is 0.379 e. The smallest absolute Gasteiger partial charge is 0.379 e. The van der Waals surface area contributed by atoms with Gasteiger partial charge in [-0.05, 0) is 12.8 Å². The molecule has 0 rings (SSSR count). The van der Waals surface area contributed by atoms with Crippen LogP contribution in [-0.4, -0.2) is 33.1 Å². The van der Waals surface area contributed by atoms with Gasteiger partial charge < -0.3 is 10.2 Å². The molecule has 7 heteroatoms. The van der Waals surface area contributed by atoms with Gasteiger partial charge in [0.1, 0.15) is 0 Å². The van der Waals surface area contributed by atoms with Gasteiger partial charge in [0.05, 0.1) is 0 Å². The van der Waals surface area contributed by atoms with Crippen LogP contribution in [0.4, 0.5) is 0 Å². The minimum Gasteiger partial charge on any atom is -0.481 e. The normalized spacial score (nSPS) is 12.0. The molecule has 1 unspecified atom stereocenters. The Bertz CT molecular complexity index is 372. The van der Waals surface area contributed by atoms with Crippen molar-refractivity contribution in [1.29, 1.82) is 0 Å². The summed E-state index contributed by atoms with van der Waals surface area (Å²) < 4.78 is 0. The molecule has 146 valence electrons. The predicted molar refractivity (Wildman–Crippen MR) is 95.3 cm³/mol. The Hall–Kier alpha value is -1.66. The third-order valence-corrected chi connectivity index (χ3v) is 4.41. The highest BCUT2D eigenvalue weighted by Crippen LogP contribution is 2.14. The summed E-state index contributed by atoms with van der Waals surface area (Å²) in [7, 11) is 0. The van der Waals surface area contributed by atoms with Crippen molar-refractivity contribution in [1.82, 2.24) is 0 Å². The Kier molecular flexibility index (Phi) is 14.8. The van der Waals surface area contributed by atoms with Gasteiger partial charge in [0.15, 0.2) is 0 Å². The number of carboxylic acid groups (broad SMARTS) is 2. The van der Waals surface area contributed by atoms with Crippen molar-refractivity contribution >= 4 is 11.9 Å². The molecule has 0 radical (unpaired) electrons. The lowest BCUT2D eigenvalue weighted by atomic mass is 10.0. The van der Waals surface area contributed by atoms with Crippen LogP contribution in [0.1, 0.15) is 96.3 Å². The van der Waals surface area contributed by atoms with Crippen LogP contribution < -0.4 is 0 Å². The van der Waals surface area contributed by atoms with Crippen LogP contribution in [-0.2, 0) is 9.59 Å². The largest absolute Gasteiger partial charge is 0.481 e. The third kappa shape index (κ3) is 15.6. The van der Waals surface area contributed by atoms with Crippen molar-refractivity contribution in [2.45, 2.75) is 102 Å². The molecule has 0 aliphatic carbocycles. The highest BCUT2D eigenvalue weighted by molar-refractivity contribution is 5.71. The number of nitrogens with zero attached hydrogens (tertiary/aromatic N) is 1. The maximum absolute atomic E-state index is 10.7. The predicted octanol–water partition coefficient (Wildman–Crippen LogP) is 4.65. The van der Waals surface area contributed by atoms with Gasteiger partial charge in [0.2, 0.25) is 0 Å². The van der Waals surface area contributed by atoms with E-state index < -0.39 is 22.9 Å². The molecular formula is C18H33NO6. The Morgan fingerprint density at radius 3 is 1.40 bits per heavy atom. The minimum absolute atomic E-state index is 0.120. The van der Waals surface area contributed by atoms with Crippen LogP contribution in [0, 0.1) is 10.1 Å². The van der Waals surface area contributed by atoms with Gasteiger partial charge in [-0.3, -0.25) is 14.9 Å². The molecule has 0 aromatic heterocycles. The summed E-state index contributed by atoms with van der Waals surface area (Å²) in [5, 5.41) is 27.8. The van der Waals surface area contributed by atoms with Crippen LogP contribution in [0.5, 0.6) is 0 Å². The van der Waals surface area contributed by atoms with E-state index in [0.29, 0.717) is 6.42 Å².